The van der Waals surface area contributed by atoms with E-state index in [0.717, 1.165) is 12.8 Å². The summed E-state index contributed by atoms with van der Waals surface area (Å²) in [6.07, 6.45) is 4.24. The van der Waals surface area contributed by atoms with Crippen LogP contribution < -0.4 is 0 Å². The highest BCUT2D eigenvalue weighted by atomic mass is 16.5. The highest BCUT2D eigenvalue weighted by Crippen LogP contribution is 2.24. The van der Waals surface area contributed by atoms with Crippen LogP contribution in [0.4, 0.5) is 0 Å². The van der Waals surface area contributed by atoms with E-state index in [1.54, 1.807) is 6.08 Å². The average Bonchev–Trinajstić information content (AvgIpc) is 2.32. The first-order valence-corrected chi connectivity index (χ1v) is 5.41. The van der Waals surface area contributed by atoms with E-state index in [1.807, 2.05) is 0 Å². The van der Waals surface area contributed by atoms with Gasteiger partial charge in [-0.15, -0.1) is 0 Å². The van der Waals surface area contributed by atoms with Crippen LogP contribution in [0, 0.1) is 0 Å². The predicted molar refractivity (Wildman–Crippen MR) is 60.2 cm³/mol. The standard InChI is InChI=1S/C12H16O5/c1-16-11(14)8-6-4-3-5-7-9(13)10(8)12(15)17-2/h6,13H,3-5,7H2,1-2H3/b8-6+,10-9-. The number of carbonyl (C=O) groups excluding carboxylic acids is 2. The molecule has 5 heteroatoms. The van der Waals surface area contributed by atoms with Crippen molar-refractivity contribution in [1.29, 1.82) is 0 Å². The molecular formula is C12H16O5. The number of esters is 2. The van der Waals surface area contributed by atoms with Crippen molar-refractivity contribution in [1.82, 2.24) is 0 Å². The van der Waals surface area contributed by atoms with Crippen LogP contribution in [0.3, 0.4) is 0 Å². The van der Waals surface area contributed by atoms with Gasteiger partial charge in [0.25, 0.3) is 0 Å². The minimum atomic E-state index is -0.721. The number of carbonyl (C=O) groups is 2. The fourth-order valence-electron chi connectivity index (χ4n) is 1.69. The molecule has 0 spiro atoms. The van der Waals surface area contributed by atoms with Crippen LogP contribution in [0.5, 0.6) is 0 Å². The molecule has 17 heavy (non-hydrogen) atoms. The lowest BCUT2D eigenvalue weighted by molar-refractivity contribution is -0.139. The first kappa shape index (κ1) is 13.3. The van der Waals surface area contributed by atoms with Crippen LogP contribution in [0.2, 0.25) is 0 Å². The van der Waals surface area contributed by atoms with Crippen LogP contribution in [0.15, 0.2) is 23.0 Å². The number of hydrogen-bond donors (Lipinski definition) is 1. The van der Waals surface area contributed by atoms with E-state index >= 15 is 0 Å². The third-order valence-electron chi connectivity index (χ3n) is 2.57. The Hall–Kier alpha value is -1.78. The molecule has 0 bridgehead atoms. The molecule has 0 aliphatic heterocycles. The van der Waals surface area contributed by atoms with Crippen LogP contribution in [-0.4, -0.2) is 31.3 Å². The highest BCUT2D eigenvalue weighted by molar-refractivity contribution is 6.07. The fraction of sp³-hybridized carbons (Fsp3) is 0.500. The van der Waals surface area contributed by atoms with Gasteiger partial charge in [-0.25, -0.2) is 9.59 Å². The summed E-state index contributed by atoms with van der Waals surface area (Å²) in [5.41, 5.74) is -0.00407. The maximum absolute atomic E-state index is 11.6. The van der Waals surface area contributed by atoms with E-state index < -0.39 is 11.9 Å². The second kappa shape index (κ2) is 6.08. The highest BCUT2D eigenvalue weighted by Gasteiger charge is 2.26. The Morgan fingerprint density at radius 2 is 1.82 bits per heavy atom. The summed E-state index contributed by atoms with van der Waals surface area (Å²) in [5, 5.41) is 9.82. The zero-order valence-electron chi connectivity index (χ0n) is 9.99. The smallest absolute Gasteiger partial charge is 0.342 e. The molecule has 1 rings (SSSR count). The van der Waals surface area contributed by atoms with E-state index in [9.17, 15) is 14.7 Å². The zero-order chi connectivity index (χ0) is 12.8. The van der Waals surface area contributed by atoms with Gasteiger partial charge in [0.2, 0.25) is 0 Å². The lowest BCUT2D eigenvalue weighted by atomic mass is 9.97. The van der Waals surface area contributed by atoms with E-state index in [-0.39, 0.29) is 16.9 Å². The Labute approximate surface area is 99.7 Å². The van der Waals surface area contributed by atoms with Gasteiger partial charge in [0.15, 0.2) is 0 Å². The minimum absolute atomic E-state index is 0.0801. The predicted octanol–water partition coefficient (Wildman–Crippen LogP) is 1.64. The summed E-state index contributed by atoms with van der Waals surface area (Å²) in [6.45, 7) is 0. The largest absolute Gasteiger partial charge is 0.511 e. The van der Waals surface area contributed by atoms with Crippen molar-refractivity contribution < 1.29 is 24.2 Å². The average molecular weight is 240 g/mol. The molecule has 0 aromatic heterocycles. The number of methoxy groups -OCH3 is 2. The molecule has 0 heterocycles. The Morgan fingerprint density at radius 1 is 1.18 bits per heavy atom. The summed E-state index contributed by atoms with van der Waals surface area (Å²) < 4.78 is 9.17. The summed E-state index contributed by atoms with van der Waals surface area (Å²) >= 11 is 0. The van der Waals surface area contributed by atoms with Gasteiger partial charge in [0, 0.05) is 6.42 Å². The van der Waals surface area contributed by atoms with Crippen molar-refractivity contribution in [3.8, 4) is 0 Å². The molecule has 5 nitrogen and oxygen atoms in total. The van der Waals surface area contributed by atoms with Crippen molar-refractivity contribution >= 4 is 11.9 Å². The Kier molecular flexibility index (Phi) is 4.75. The Balaban J connectivity index is 3.21. The molecule has 0 amide bonds. The quantitative estimate of drug-likeness (QED) is 0.743. The van der Waals surface area contributed by atoms with E-state index in [1.165, 1.54) is 14.2 Å². The van der Waals surface area contributed by atoms with Gasteiger partial charge in [-0.05, 0) is 19.3 Å². The van der Waals surface area contributed by atoms with Gasteiger partial charge in [0.05, 0.1) is 19.8 Å². The van der Waals surface area contributed by atoms with Crippen LogP contribution in [0.1, 0.15) is 25.7 Å². The number of rotatable bonds is 2. The normalized spacial score (nSPS) is 24.0. The lowest BCUT2D eigenvalue weighted by Crippen LogP contribution is -2.18. The van der Waals surface area contributed by atoms with E-state index in [0.29, 0.717) is 12.8 Å². The number of allylic oxidation sites excluding steroid dienone is 2. The molecule has 0 aromatic rings. The van der Waals surface area contributed by atoms with Crippen molar-refractivity contribution in [3.05, 3.63) is 23.0 Å². The summed E-state index contributed by atoms with van der Waals surface area (Å²) in [5.74, 6) is -1.48. The van der Waals surface area contributed by atoms with Gasteiger partial charge in [-0.2, -0.15) is 0 Å². The molecule has 94 valence electrons. The van der Waals surface area contributed by atoms with Crippen LogP contribution in [0.25, 0.3) is 0 Å². The summed E-state index contributed by atoms with van der Waals surface area (Å²) in [6, 6.07) is 0. The molecule has 1 aliphatic carbocycles. The van der Waals surface area contributed by atoms with E-state index in [4.69, 9.17) is 0 Å². The van der Waals surface area contributed by atoms with Crippen LogP contribution >= 0.6 is 0 Å². The summed E-state index contributed by atoms with van der Waals surface area (Å²) in [4.78, 5) is 23.1. The maximum atomic E-state index is 11.6. The van der Waals surface area contributed by atoms with Gasteiger partial charge in [-0.1, -0.05) is 6.08 Å². The summed E-state index contributed by atoms with van der Waals surface area (Å²) in [7, 11) is 2.43. The molecule has 1 aliphatic rings. The van der Waals surface area contributed by atoms with Crippen LogP contribution in [-0.2, 0) is 19.1 Å². The second-order valence-electron chi connectivity index (χ2n) is 3.67. The molecule has 0 aromatic carbocycles. The molecular weight excluding hydrogens is 224 g/mol. The van der Waals surface area contributed by atoms with Gasteiger partial charge in [0.1, 0.15) is 11.3 Å². The zero-order valence-corrected chi connectivity index (χ0v) is 9.99. The topological polar surface area (TPSA) is 72.8 Å². The van der Waals surface area contributed by atoms with Gasteiger partial charge >= 0.3 is 11.9 Å². The Bertz CT molecular complexity index is 378. The van der Waals surface area contributed by atoms with E-state index in [2.05, 4.69) is 9.47 Å². The first-order chi connectivity index (χ1) is 8.11. The first-order valence-electron chi connectivity index (χ1n) is 5.41. The number of aliphatic hydroxyl groups excluding tert-OH is 1. The number of ether oxygens (including phenoxy) is 2. The van der Waals surface area contributed by atoms with Crippen molar-refractivity contribution in [2.45, 2.75) is 25.7 Å². The molecule has 1 N–H and O–H groups in total. The maximum Gasteiger partial charge on any atom is 0.342 e. The molecule has 0 atom stereocenters. The number of aliphatic hydroxyl groups is 1. The minimum Gasteiger partial charge on any atom is -0.511 e. The van der Waals surface area contributed by atoms with Gasteiger partial charge in [-0.3, -0.25) is 0 Å². The molecule has 0 fully saturated rings. The molecule has 0 unspecified atom stereocenters. The van der Waals surface area contributed by atoms with Gasteiger partial charge < -0.3 is 14.6 Å². The van der Waals surface area contributed by atoms with Crippen molar-refractivity contribution in [3.63, 3.8) is 0 Å². The number of hydrogen-bond acceptors (Lipinski definition) is 5. The Morgan fingerprint density at radius 3 is 2.41 bits per heavy atom. The second-order valence-corrected chi connectivity index (χ2v) is 3.67. The monoisotopic (exact) mass is 240 g/mol. The lowest BCUT2D eigenvalue weighted by Gasteiger charge is -2.14. The molecule has 0 saturated carbocycles. The SMILES string of the molecule is COC(=O)C1=C(\O)CCCC/C=C\1C(=O)OC. The van der Waals surface area contributed by atoms with Crippen molar-refractivity contribution in [2.24, 2.45) is 0 Å². The fourth-order valence-corrected chi connectivity index (χ4v) is 1.69. The molecule has 0 saturated heterocycles. The van der Waals surface area contributed by atoms with Crippen molar-refractivity contribution in [2.75, 3.05) is 14.2 Å². The third kappa shape index (κ3) is 3.09. The third-order valence-corrected chi connectivity index (χ3v) is 2.57. The molecule has 0 radical (unpaired) electrons.